The molecule has 6 rings (SSSR count). The Morgan fingerprint density at radius 1 is 0.462 bits per heavy atom. The summed E-state index contributed by atoms with van der Waals surface area (Å²) in [5.41, 5.74) is 1.55. The largest absolute Gasteiger partial charge is 0.322 e. The van der Waals surface area contributed by atoms with Crippen LogP contribution in [0.2, 0.25) is 0 Å². The Bertz CT molecular complexity index is 2250. The molecule has 4 N–H and O–H groups in total. The standard InChI is InChI=1S/C36H28N6O6S4/c43-35(39-25-15-19-27(20-16-25)51(45,46)41-33-13-5-7-23-37-33)29-9-1-3-11-31(29)49-50-32-12-4-2-10-30(32)36(44)40-26-17-21-28(22-18-26)52(47,48)42-34-14-6-8-24-38-34/h1-24H,(H,37,41)(H,38,42)(H,39,43)(H,40,44). The average molecular weight is 769 g/mol. The van der Waals surface area contributed by atoms with E-state index in [9.17, 15) is 26.4 Å². The van der Waals surface area contributed by atoms with Gasteiger partial charge in [0.1, 0.15) is 11.6 Å². The minimum absolute atomic E-state index is 0.00470. The number of nitrogens with one attached hydrogen (secondary N) is 4. The molecule has 0 aliphatic heterocycles. The molecule has 6 aromatic rings. The lowest BCUT2D eigenvalue weighted by Gasteiger charge is -2.12. The third-order valence-corrected chi connectivity index (χ3v) is 12.4. The van der Waals surface area contributed by atoms with Crippen molar-refractivity contribution in [1.29, 1.82) is 0 Å². The van der Waals surface area contributed by atoms with E-state index in [1.54, 1.807) is 72.8 Å². The van der Waals surface area contributed by atoms with Crippen LogP contribution in [-0.2, 0) is 20.0 Å². The van der Waals surface area contributed by atoms with Crippen molar-refractivity contribution in [2.24, 2.45) is 0 Å². The molecule has 0 spiro atoms. The van der Waals surface area contributed by atoms with E-state index in [2.05, 4.69) is 30.0 Å². The van der Waals surface area contributed by atoms with Crippen molar-refractivity contribution in [2.45, 2.75) is 19.6 Å². The SMILES string of the molecule is O=C(Nc1ccc(S(=O)(=O)Nc2ccccn2)cc1)c1ccccc1SSc1ccccc1C(=O)Nc1ccc(S(=O)(=O)Nc2ccccn2)cc1. The fourth-order valence-corrected chi connectivity index (χ4v) is 8.99. The lowest BCUT2D eigenvalue weighted by molar-refractivity contribution is 0.101. The van der Waals surface area contributed by atoms with Crippen LogP contribution in [0.1, 0.15) is 20.7 Å². The number of benzene rings is 4. The van der Waals surface area contributed by atoms with Crippen molar-refractivity contribution in [3.8, 4) is 0 Å². The van der Waals surface area contributed by atoms with E-state index in [4.69, 9.17) is 0 Å². The third-order valence-electron chi connectivity index (χ3n) is 7.14. The lowest BCUT2D eigenvalue weighted by Crippen LogP contribution is -2.15. The van der Waals surface area contributed by atoms with Crippen molar-refractivity contribution >= 4 is 76.5 Å². The summed E-state index contributed by atoms with van der Waals surface area (Å²) >= 11 is 0. The molecule has 52 heavy (non-hydrogen) atoms. The van der Waals surface area contributed by atoms with Gasteiger partial charge in [-0.3, -0.25) is 19.0 Å². The van der Waals surface area contributed by atoms with E-state index >= 15 is 0 Å². The summed E-state index contributed by atoms with van der Waals surface area (Å²) in [5, 5.41) is 5.62. The number of amides is 2. The molecule has 16 heteroatoms. The fourth-order valence-electron chi connectivity index (χ4n) is 4.61. The molecule has 0 fully saturated rings. The van der Waals surface area contributed by atoms with E-state index in [-0.39, 0.29) is 21.4 Å². The molecule has 0 aliphatic rings. The molecule has 0 radical (unpaired) electrons. The molecule has 0 bridgehead atoms. The van der Waals surface area contributed by atoms with Crippen LogP contribution < -0.4 is 20.1 Å². The van der Waals surface area contributed by atoms with Gasteiger partial charge in [-0.1, -0.05) is 58.0 Å². The van der Waals surface area contributed by atoms with Gasteiger partial charge in [-0.15, -0.1) is 0 Å². The van der Waals surface area contributed by atoms with Crippen LogP contribution in [0.25, 0.3) is 0 Å². The Morgan fingerprint density at radius 2 is 0.827 bits per heavy atom. The van der Waals surface area contributed by atoms with Crippen LogP contribution >= 0.6 is 21.6 Å². The van der Waals surface area contributed by atoms with Crippen LogP contribution in [0.3, 0.4) is 0 Å². The van der Waals surface area contributed by atoms with Gasteiger partial charge in [0.25, 0.3) is 31.9 Å². The maximum absolute atomic E-state index is 13.3. The monoisotopic (exact) mass is 768 g/mol. The van der Waals surface area contributed by atoms with Crippen molar-refractivity contribution in [1.82, 2.24) is 9.97 Å². The first-order valence-corrected chi connectivity index (χ1v) is 20.4. The predicted octanol–water partition coefficient (Wildman–Crippen LogP) is 7.38. The smallest absolute Gasteiger partial charge is 0.263 e. The number of hydrogen-bond acceptors (Lipinski definition) is 10. The van der Waals surface area contributed by atoms with Crippen molar-refractivity contribution in [3.63, 3.8) is 0 Å². The second-order valence-corrected chi connectivity index (χ2v) is 16.3. The molecule has 0 saturated heterocycles. The minimum Gasteiger partial charge on any atom is -0.322 e. The Morgan fingerprint density at radius 3 is 1.19 bits per heavy atom. The van der Waals surface area contributed by atoms with E-state index in [0.29, 0.717) is 32.3 Å². The molecule has 262 valence electrons. The molecule has 2 heterocycles. The van der Waals surface area contributed by atoms with Gasteiger partial charge < -0.3 is 10.6 Å². The highest BCUT2D eigenvalue weighted by atomic mass is 33.1. The number of carbonyl (C=O) groups excluding carboxylic acids is 2. The number of hydrogen-bond donors (Lipinski definition) is 4. The van der Waals surface area contributed by atoms with E-state index in [1.165, 1.54) is 94.6 Å². The number of anilines is 4. The van der Waals surface area contributed by atoms with Crippen molar-refractivity contribution < 1.29 is 26.4 Å². The maximum atomic E-state index is 13.3. The number of aromatic nitrogens is 2. The molecule has 2 aromatic heterocycles. The Kier molecular flexibility index (Phi) is 11.2. The number of rotatable bonds is 13. The lowest BCUT2D eigenvalue weighted by atomic mass is 10.2. The normalized spacial score (nSPS) is 11.3. The molecule has 12 nitrogen and oxygen atoms in total. The number of sulfonamides is 2. The predicted molar refractivity (Wildman–Crippen MR) is 203 cm³/mol. The van der Waals surface area contributed by atoms with Crippen LogP contribution in [0.4, 0.5) is 23.0 Å². The molecule has 0 atom stereocenters. The first-order valence-electron chi connectivity index (χ1n) is 15.3. The molecule has 0 saturated carbocycles. The Balaban J connectivity index is 1.09. The van der Waals surface area contributed by atoms with Gasteiger partial charge in [-0.25, -0.2) is 26.8 Å². The summed E-state index contributed by atoms with van der Waals surface area (Å²) in [4.78, 5) is 35.9. The summed E-state index contributed by atoms with van der Waals surface area (Å²) in [7, 11) is -5.18. The minimum atomic E-state index is -3.88. The van der Waals surface area contributed by atoms with Gasteiger partial charge in [0.15, 0.2) is 0 Å². The highest BCUT2D eigenvalue weighted by molar-refractivity contribution is 8.76. The first kappa shape index (κ1) is 36.1. The summed E-state index contributed by atoms with van der Waals surface area (Å²) in [6, 6.07) is 35.2. The molecule has 0 aliphatic carbocycles. The zero-order chi connectivity index (χ0) is 36.6. The highest BCUT2D eigenvalue weighted by Crippen LogP contribution is 2.41. The molecular formula is C36H28N6O6S4. The summed E-state index contributed by atoms with van der Waals surface area (Å²) in [6.45, 7) is 0. The first-order chi connectivity index (χ1) is 25.1. The number of nitrogens with zero attached hydrogens (tertiary/aromatic N) is 2. The summed E-state index contributed by atoms with van der Waals surface area (Å²) < 4.78 is 55.8. The second kappa shape index (κ2) is 16.1. The van der Waals surface area contributed by atoms with E-state index in [0.717, 1.165) is 0 Å². The van der Waals surface area contributed by atoms with Crippen LogP contribution in [0.5, 0.6) is 0 Å². The second-order valence-electron chi connectivity index (χ2n) is 10.8. The Labute approximate surface area is 308 Å². The zero-order valence-electron chi connectivity index (χ0n) is 26.8. The Hall–Kier alpha value is -5.68. The van der Waals surface area contributed by atoms with Gasteiger partial charge in [0, 0.05) is 33.6 Å². The average Bonchev–Trinajstić information content (AvgIpc) is 3.15. The third kappa shape index (κ3) is 9.15. The number of pyridine rings is 2. The maximum Gasteiger partial charge on any atom is 0.263 e. The molecule has 4 aromatic carbocycles. The fraction of sp³-hybridized carbons (Fsp3) is 0. The van der Waals surface area contributed by atoms with E-state index in [1.807, 2.05) is 0 Å². The summed E-state index contributed by atoms with van der Waals surface area (Å²) in [5.74, 6) is -0.438. The molecule has 0 unspecified atom stereocenters. The number of carbonyl (C=O) groups is 2. The van der Waals surface area contributed by atoms with Crippen LogP contribution in [0, 0.1) is 0 Å². The van der Waals surface area contributed by atoms with Gasteiger partial charge in [-0.2, -0.15) is 0 Å². The van der Waals surface area contributed by atoms with Gasteiger partial charge in [0.05, 0.1) is 20.9 Å². The van der Waals surface area contributed by atoms with E-state index < -0.39 is 31.9 Å². The topological polar surface area (TPSA) is 176 Å². The quantitative estimate of drug-likeness (QED) is 0.0868. The van der Waals surface area contributed by atoms with Crippen LogP contribution in [-0.4, -0.2) is 38.6 Å². The van der Waals surface area contributed by atoms with Gasteiger partial charge >= 0.3 is 0 Å². The zero-order valence-corrected chi connectivity index (χ0v) is 30.1. The highest BCUT2D eigenvalue weighted by Gasteiger charge is 2.19. The summed E-state index contributed by atoms with van der Waals surface area (Å²) in [6.07, 6.45) is 2.96. The van der Waals surface area contributed by atoms with Crippen molar-refractivity contribution in [3.05, 3.63) is 157 Å². The van der Waals surface area contributed by atoms with Gasteiger partial charge in [0.2, 0.25) is 0 Å². The van der Waals surface area contributed by atoms with Crippen LogP contribution in [0.15, 0.2) is 165 Å². The molecule has 2 amide bonds. The van der Waals surface area contributed by atoms with Gasteiger partial charge in [-0.05, 0) is 97.1 Å². The van der Waals surface area contributed by atoms with Crippen molar-refractivity contribution in [2.75, 3.05) is 20.1 Å². The molecular weight excluding hydrogens is 741 g/mol.